The van der Waals surface area contributed by atoms with Crippen molar-refractivity contribution in [2.45, 2.75) is 51.4 Å². The van der Waals surface area contributed by atoms with E-state index in [0.717, 1.165) is 11.8 Å². The van der Waals surface area contributed by atoms with Crippen LogP contribution in [0.4, 0.5) is 0 Å². The zero-order valence-electron chi connectivity index (χ0n) is 12.1. The third kappa shape index (κ3) is 4.09. The highest BCUT2D eigenvalue weighted by Crippen LogP contribution is 2.37. The molecule has 1 saturated carbocycles. The molecule has 0 radical (unpaired) electrons. The van der Waals surface area contributed by atoms with Crippen LogP contribution in [0.2, 0.25) is 0 Å². The summed E-state index contributed by atoms with van der Waals surface area (Å²) in [7, 11) is 0. The largest absolute Gasteiger partial charge is 0.0985 e. The van der Waals surface area contributed by atoms with Crippen molar-refractivity contribution in [2.75, 3.05) is 0 Å². The van der Waals surface area contributed by atoms with Crippen LogP contribution < -0.4 is 0 Å². The Balaban J connectivity index is 1.85. The molecule has 19 heavy (non-hydrogen) atoms. The molecule has 1 aromatic rings. The normalized spacial score (nSPS) is 23.6. The van der Waals surface area contributed by atoms with E-state index in [1.807, 2.05) is 6.08 Å². The molecule has 0 N–H and O–H groups in total. The predicted octanol–water partition coefficient (Wildman–Crippen LogP) is 5.96. The van der Waals surface area contributed by atoms with Gasteiger partial charge >= 0.3 is 0 Å². The van der Waals surface area contributed by atoms with Gasteiger partial charge in [0.25, 0.3) is 0 Å². The van der Waals surface area contributed by atoms with Crippen LogP contribution in [0.15, 0.2) is 43.0 Å². The molecular weight excluding hydrogens is 228 g/mol. The van der Waals surface area contributed by atoms with Crippen molar-refractivity contribution in [3.05, 3.63) is 54.1 Å². The van der Waals surface area contributed by atoms with Gasteiger partial charge in [-0.15, -0.1) is 0 Å². The molecule has 1 fully saturated rings. The van der Waals surface area contributed by atoms with E-state index in [1.54, 1.807) is 0 Å². The zero-order valence-corrected chi connectivity index (χ0v) is 12.1. The molecule has 0 atom stereocenters. The van der Waals surface area contributed by atoms with E-state index < -0.39 is 0 Å². The Morgan fingerprint density at radius 1 is 1.05 bits per heavy atom. The highest BCUT2D eigenvalue weighted by Gasteiger charge is 2.21. The summed E-state index contributed by atoms with van der Waals surface area (Å²) in [5, 5.41) is 0. The number of hydrogen-bond donors (Lipinski definition) is 0. The molecule has 0 unspecified atom stereocenters. The van der Waals surface area contributed by atoms with Crippen molar-refractivity contribution < 1.29 is 0 Å². The molecule has 0 bridgehead atoms. The van der Waals surface area contributed by atoms with E-state index >= 15 is 0 Å². The van der Waals surface area contributed by atoms with Gasteiger partial charge in [0.2, 0.25) is 0 Å². The van der Waals surface area contributed by atoms with E-state index in [4.69, 9.17) is 0 Å². The maximum atomic E-state index is 3.81. The molecule has 0 heteroatoms. The summed E-state index contributed by atoms with van der Waals surface area (Å²) in [4.78, 5) is 0. The fourth-order valence-corrected chi connectivity index (χ4v) is 3.09. The minimum Gasteiger partial charge on any atom is -0.0985 e. The lowest BCUT2D eigenvalue weighted by molar-refractivity contribution is 0.328. The van der Waals surface area contributed by atoms with Crippen LogP contribution in [0.1, 0.15) is 62.5 Å². The summed E-state index contributed by atoms with van der Waals surface area (Å²) in [5.41, 5.74) is 2.75. The lowest BCUT2D eigenvalue weighted by atomic mass is 9.77. The van der Waals surface area contributed by atoms with Crippen LogP contribution in [0.3, 0.4) is 0 Å². The van der Waals surface area contributed by atoms with E-state index in [9.17, 15) is 0 Å². The predicted molar refractivity (Wildman–Crippen MR) is 85.3 cm³/mol. The molecule has 0 amide bonds. The van der Waals surface area contributed by atoms with Crippen LogP contribution in [0, 0.1) is 5.92 Å². The van der Waals surface area contributed by atoms with E-state index in [0.29, 0.717) is 0 Å². The standard InChI is InChI=1S/C19H26/c1-3-5-6-7-17-10-14-19(15-11-17)18-12-8-16(4-2)9-13-18/h4-6,8-9,12-13,17,19H,2-3,7,10-11,14-15H2,1H3/b6-5-. The molecule has 2 rings (SSSR count). The first-order valence-corrected chi connectivity index (χ1v) is 7.71. The van der Waals surface area contributed by atoms with Crippen molar-refractivity contribution in [2.24, 2.45) is 5.92 Å². The van der Waals surface area contributed by atoms with Crippen LogP contribution in [-0.2, 0) is 0 Å². The van der Waals surface area contributed by atoms with Crippen molar-refractivity contribution >= 4 is 6.08 Å². The number of hydrogen-bond acceptors (Lipinski definition) is 0. The van der Waals surface area contributed by atoms with Crippen LogP contribution in [-0.4, -0.2) is 0 Å². The highest BCUT2D eigenvalue weighted by molar-refractivity contribution is 5.47. The molecule has 102 valence electrons. The smallest absolute Gasteiger partial charge is 0.0162 e. The van der Waals surface area contributed by atoms with Gasteiger partial charge in [0.15, 0.2) is 0 Å². The second-order valence-corrected chi connectivity index (χ2v) is 5.70. The first-order valence-electron chi connectivity index (χ1n) is 7.71. The number of allylic oxidation sites excluding steroid dienone is 2. The van der Waals surface area contributed by atoms with Gasteiger partial charge < -0.3 is 0 Å². The fraction of sp³-hybridized carbons (Fsp3) is 0.474. The van der Waals surface area contributed by atoms with Crippen molar-refractivity contribution in [1.29, 1.82) is 0 Å². The second kappa shape index (κ2) is 7.33. The van der Waals surface area contributed by atoms with Gasteiger partial charge in [-0.25, -0.2) is 0 Å². The molecule has 0 saturated heterocycles. The summed E-state index contributed by atoms with van der Waals surface area (Å²) in [5.74, 6) is 1.71. The second-order valence-electron chi connectivity index (χ2n) is 5.70. The summed E-state index contributed by atoms with van der Waals surface area (Å²) in [6.07, 6.45) is 14.6. The SMILES string of the molecule is C=Cc1ccc(C2CCC(C/C=C\CC)CC2)cc1. The molecule has 0 heterocycles. The quantitative estimate of drug-likeness (QED) is 0.569. The Kier molecular flexibility index (Phi) is 5.44. The van der Waals surface area contributed by atoms with Gasteiger partial charge in [0.1, 0.15) is 0 Å². The summed E-state index contributed by atoms with van der Waals surface area (Å²) in [6, 6.07) is 8.97. The molecule has 0 aliphatic heterocycles. The van der Waals surface area contributed by atoms with Gasteiger partial charge in [-0.2, -0.15) is 0 Å². The van der Waals surface area contributed by atoms with Crippen molar-refractivity contribution in [3.8, 4) is 0 Å². The first-order chi connectivity index (χ1) is 9.33. The lowest BCUT2D eigenvalue weighted by Gasteiger charge is -2.28. The van der Waals surface area contributed by atoms with Gasteiger partial charge in [-0.3, -0.25) is 0 Å². The average Bonchev–Trinajstić information content (AvgIpc) is 2.48. The molecule has 0 aromatic heterocycles. The van der Waals surface area contributed by atoms with Gasteiger partial charge in [0.05, 0.1) is 0 Å². The average molecular weight is 254 g/mol. The molecule has 0 nitrogen and oxygen atoms in total. The topological polar surface area (TPSA) is 0 Å². The molecular formula is C19H26. The highest BCUT2D eigenvalue weighted by atomic mass is 14.3. The monoisotopic (exact) mass is 254 g/mol. The van der Waals surface area contributed by atoms with E-state index in [-0.39, 0.29) is 0 Å². The first kappa shape index (κ1) is 14.1. The van der Waals surface area contributed by atoms with Crippen LogP contribution >= 0.6 is 0 Å². The lowest BCUT2D eigenvalue weighted by Crippen LogP contribution is -2.12. The number of benzene rings is 1. The van der Waals surface area contributed by atoms with Gasteiger partial charge in [-0.05, 0) is 61.5 Å². The Morgan fingerprint density at radius 3 is 2.32 bits per heavy atom. The molecule has 1 aromatic carbocycles. The summed E-state index contributed by atoms with van der Waals surface area (Å²) in [6.45, 7) is 6.02. The van der Waals surface area contributed by atoms with Crippen LogP contribution in [0.25, 0.3) is 6.08 Å². The zero-order chi connectivity index (χ0) is 13.5. The third-order valence-corrected chi connectivity index (χ3v) is 4.36. The molecule has 0 spiro atoms. The maximum absolute atomic E-state index is 3.81. The minimum atomic E-state index is 0.783. The fourth-order valence-electron chi connectivity index (χ4n) is 3.09. The Morgan fingerprint density at radius 2 is 1.74 bits per heavy atom. The third-order valence-electron chi connectivity index (χ3n) is 4.36. The number of rotatable bonds is 5. The van der Waals surface area contributed by atoms with Crippen LogP contribution in [0.5, 0.6) is 0 Å². The minimum absolute atomic E-state index is 0.783. The Labute approximate surface area is 118 Å². The Hall–Kier alpha value is -1.30. The van der Waals surface area contributed by atoms with Crippen molar-refractivity contribution in [3.63, 3.8) is 0 Å². The van der Waals surface area contributed by atoms with Gasteiger partial charge in [0, 0.05) is 0 Å². The van der Waals surface area contributed by atoms with E-state index in [2.05, 4.69) is 49.9 Å². The molecule has 1 aliphatic rings. The summed E-state index contributed by atoms with van der Waals surface area (Å²) < 4.78 is 0. The maximum Gasteiger partial charge on any atom is -0.0162 e. The van der Waals surface area contributed by atoms with Gasteiger partial charge in [-0.1, -0.05) is 56.0 Å². The molecule has 1 aliphatic carbocycles. The van der Waals surface area contributed by atoms with Crippen molar-refractivity contribution in [1.82, 2.24) is 0 Å². The summed E-state index contributed by atoms with van der Waals surface area (Å²) >= 11 is 0. The van der Waals surface area contributed by atoms with E-state index in [1.165, 1.54) is 49.7 Å². The Bertz CT molecular complexity index is 402.